The Morgan fingerprint density at radius 3 is 2.42 bits per heavy atom. The van der Waals surface area contributed by atoms with E-state index >= 15 is 0 Å². The normalized spacial score (nSPS) is 11.4. The van der Waals surface area contributed by atoms with Gasteiger partial charge in [0, 0.05) is 6.54 Å². The maximum absolute atomic E-state index is 11.8. The second-order valence-electron chi connectivity index (χ2n) is 3.76. The van der Waals surface area contributed by atoms with Gasteiger partial charge in [-0.2, -0.15) is 0 Å². The number of hydrogen-bond acceptors (Lipinski definition) is 4. The van der Waals surface area contributed by atoms with Gasteiger partial charge in [-0.05, 0) is 29.1 Å². The van der Waals surface area contributed by atoms with Crippen molar-refractivity contribution in [1.29, 1.82) is 0 Å². The molecule has 1 heterocycles. The smallest absolute Gasteiger partial charge is 0.335 e. The van der Waals surface area contributed by atoms with Crippen molar-refractivity contribution in [2.45, 2.75) is 10.8 Å². The van der Waals surface area contributed by atoms with Crippen LogP contribution in [0.25, 0.3) is 0 Å². The molecule has 0 aliphatic carbocycles. The van der Waals surface area contributed by atoms with Gasteiger partial charge in [0.05, 0.1) is 5.56 Å². The molecule has 0 aliphatic rings. The van der Waals surface area contributed by atoms with Crippen LogP contribution in [-0.4, -0.2) is 19.5 Å². The second kappa shape index (κ2) is 5.52. The summed E-state index contributed by atoms with van der Waals surface area (Å²) >= 11 is 1.14. The zero-order valence-electron chi connectivity index (χ0n) is 9.74. The molecule has 0 saturated carbocycles. The van der Waals surface area contributed by atoms with Crippen LogP contribution in [0.15, 0.2) is 46.0 Å². The van der Waals surface area contributed by atoms with E-state index in [1.165, 1.54) is 18.2 Å². The number of aromatic carboxylic acids is 1. The first-order valence-electron chi connectivity index (χ1n) is 5.34. The third kappa shape index (κ3) is 3.40. The summed E-state index contributed by atoms with van der Waals surface area (Å²) in [5.41, 5.74) is 0.870. The monoisotopic (exact) mass is 297 g/mol. The number of hydrogen-bond donors (Lipinski definition) is 2. The van der Waals surface area contributed by atoms with Gasteiger partial charge in [-0.15, -0.1) is 11.3 Å². The first-order chi connectivity index (χ1) is 8.99. The summed E-state index contributed by atoms with van der Waals surface area (Å²) in [5, 5.41) is 10.4. The first kappa shape index (κ1) is 13.7. The minimum absolute atomic E-state index is 0.125. The van der Waals surface area contributed by atoms with Crippen LogP contribution in [0.5, 0.6) is 0 Å². The van der Waals surface area contributed by atoms with Crippen molar-refractivity contribution in [3.63, 3.8) is 0 Å². The van der Waals surface area contributed by atoms with Crippen LogP contribution in [0.2, 0.25) is 0 Å². The van der Waals surface area contributed by atoms with Crippen molar-refractivity contribution in [2.75, 3.05) is 0 Å². The average molecular weight is 297 g/mol. The number of sulfonamides is 1. The topological polar surface area (TPSA) is 83.5 Å². The van der Waals surface area contributed by atoms with Crippen LogP contribution in [-0.2, 0) is 16.6 Å². The summed E-state index contributed by atoms with van der Waals surface area (Å²) in [6.45, 7) is 0.125. The SMILES string of the molecule is O=C(O)c1ccc(CNS(=O)(=O)c2cccs2)cc1. The van der Waals surface area contributed by atoms with Gasteiger partial charge in [-0.3, -0.25) is 0 Å². The van der Waals surface area contributed by atoms with E-state index in [0.29, 0.717) is 5.56 Å². The number of benzene rings is 1. The molecule has 5 nitrogen and oxygen atoms in total. The predicted octanol–water partition coefficient (Wildman–Crippen LogP) is 1.92. The number of rotatable bonds is 5. The molecule has 7 heteroatoms. The Balaban J connectivity index is 2.05. The van der Waals surface area contributed by atoms with E-state index in [1.54, 1.807) is 23.6 Å². The molecule has 2 rings (SSSR count). The minimum Gasteiger partial charge on any atom is -0.478 e. The molecule has 19 heavy (non-hydrogen) atoms. The highest BCUT2D eigenvalue weighted by Gasteiger charge is 2.14. The molecule has 1 aromatic heterocycles. The molecule has 0 unspecified atom stereocenters. The Kier molecular flexibility index (Phi) is 3.98. The summed E-state index contributed by atoms with van der Waals surface area (Å²) in [7, 11) is -3.49. The fraction of sp³-hybridized carbons (Fsp3) is 0.0833. The highest BCUT2D eigenvalue weighted by molar-refractivity contribution is 7.91. The minimum atomic E-state index is -3.49. The molecule has 0 atom stereocenters. The lowest BCUT2D eigenvalue weighted by atomic mass is 10.1. The molecule has 2 N–H and O–H groups in total. The largest absolute Gasteiger partial charge is 0.478 e. The number of carboxylic acid groups (broad SMARTS) is 1. The Hall–Kier alpha value is -1.70. The molecular formula is C12H11NO4S2. The summed E-state index contributed by atoms with van der Waals surface area (Å²) in [6, 6.07) is 9.25. The summed E-state index contributed by atoms with van der Waals surface area (Å²) in [5.74, 6) is -1.01. The van der Waals surface area contributed by atoms with E-state index in [4.69, 9.17) is 5.11 Å². The Bertz CT molecular complexity index is 660. The van der Waals surface area contributed by atoms with Crippen molar-refractivity contribution in [3.8, 4) is 0 Å². The van der Waals surface area contributed by atoms with Crippen molar-refractivity contribution in [3.05, 3.63) is 52.9 Å². The van der Waals surface area contributed by atoms with E-state index in [-0.39, 0.29) is 16.3 Å². The zero-order chi connectivity index (χ0) is 13.9. The predicted molar refractivity (Wildman–Crippen MR) is 71.7 cm³/mol. The van der Waals surface area contributed by atoms with Crippen LogP contribution in [0.1, 0.15) is 15.9 Å². The number of carboxylic acids is 1. The number of thiophene rings is 1. The molecular weight excluding hydrogens is 286 g/mol. The lowest BCUT2D eigenvalue weighted by Gasteiger charge is -2.05. The maximum atomic E-state index is 11.8. The Morgan fingerprint density at radius 2 is 1.89 bits per heavy atom. The molecule has 0 fully saturated rings. The number of nitrogens with one attached hydrogen (secondary N) is 1. The molecule has 2 aromatic rings. The van der Waals surface area contributed by atoms with E-state index in [2.05, 4.69) is 4.72 Å². The molecule has 0 radical (unpaired) electrons. The fourth-order valence-electron chi connectivity index (χ4n) is 1.43. The molecule has 0 saturated heterocycles. The van der Waals surface area contributed by atoms with Gasteiger partial charge in [0.1, 0.15) is 4.21 Å². The molecule has 1 aromatic carbocycles. The lowest BCUT2D eigenvalue weighted by Crippen LogP contribution is -2.22. The van der Waals surface area contributed by atoms with Gasteiger partial charge in [0.25, 0.3) is 0 Å². The van der Waals surface area contributed by atoms with Gasteiger partial charge >= 0.3 is 5.97 Å². The Morgan fingerprint density at radius 1 is 1.21 bits per heavy atom. The quantitative estimate of drug-likeness (QED) is 0.883. The third-order valence-corrected chi connectivity index (χ3v) is 5.23. The van der Waals surface area contributed by atoms with Crippen LogP contribution < -0.4 is 4.72 Å². The van der Waals surface area contributed by atoms with E-state index in [9.17, 15) is 13.2 Å². The van der Waals surface area contributed by atoms with Crippen LogP contribution in [0, 0.1) is 0 Å². The zero-order valence-corrected chi connectivity index (χ0v) is 11.4. The van der Waals surface area contributed by atoms with Crippen LogP contribution in [0.4, 0.5) is 0 Å². The van der Waals surface area contributed by atoms with Crippen molar-refractivity contribution in [2.24, 2.45) is 0 Å². The van der Waals surface area contributed by atoms with Crippen LogP contribution in [0.3, 0.4) is 0 Å². The Labute approximate surface area is 114 Å². The van der Waals surface area contributed by atoms with Gasteiger partial charge in [0.15, 0.2) is 0 Å². The highest BCUT2D eigenvalue weighted by atomic mass is 32.2. The highest BCUT2D eigenvalue weighted by Crippen LogP contribution is 2.15. The standard InChI is InChI=1S/C12H11NO4S2/c14-12(15)10-5-3-9(4-6-10)8-13-19(16,17)11-2-1-7-18-11/h1-7,13H,8H2,(H,14,15). The molecule has 0 spiro atoms. The fourth-order valence-corrected chi connectivity index (χ4v) is 3.49. The molecule has 0 bridgehead atoms. The average Bonchev–Trinajstić information content (AvgIpc) is 2.91. The van der Waals surface area contributed by atoms with E-state index in [1.807, 2.05) is 0 Å². The molecule has 100 valence electrons. The van der Waals surface area contributed by atoms with Gasteiger partial charge in [-0.1, -0.05) is 18.2 Å². The van der Waals surface area contributed by atoms with Crippen molar-refractivity contribution >= 4 is 27.3 Å². The third-order valence-electron chi connectivity index (χ3n) is 2.43. The maximum Gasteiger partial charge on any atom is 0.335 e. The summed E-state index contributed by atoms with van der Waals surface area (Å²) in [4.78, 5) is 10.7. The molecule has 0 amide bonds. The van der Waals surface area contributed by atoms with E-state index in [0.717, 1.165) is 11.3 Å². The summed E-state index contributed by atoms with van der Waals surface area (Å²) < 4.78 is 26.4. The molecule has 0 aliphatic heterocycles. The second-order valence-corrected chi connectivity index (χ2v) is 6.70. The van der Waals surface area contributed by atoms with Crippen molar-refractivity contribution < 1.29 is 18.3 Å². The first-order valence-corrected chi connectivity index (χ1v) is 7.71. The van der Waals surface area contributed by atoms with Gasteiger partial charge < -0.3 is 5.11 Å². The summed E-state index contributed by atoms with van der Waals surface area (Å²) in [6.07, 6.45) is 0. The van der Waals surface area contributed by atoms with Gasteiger partial charge in [-0.25, -0.2) is 17.9 Å². The lowest BCUT2D eigenvalue weighted by molar-refractivity contribution is 0.0697. The van der Waals surface area contributed by atoms with Crippen molar-refractivity contribution in [1.82, 2.24) is 4.72 Å². The van der Waals surface area contributed by atoms with Crippen LogP contribution >= 0.6 is 11.3 Å². The van der Waals surface area contributed by atoms with Gasteiger partial charge in [0.2, 0.25) is 10.0 Å². The number of carbonyl (C=O) groups is 1. The van der Waals surface area contributed by atoms with E-state index < -0.39 is 16.0 Å².